The molecule has 14 heavy (non-hydrogen) atoms. The van der Waals surface area contributed by atoms with Crippen LogP contribution in [0.3, 0.4) is 0 Å². The summed E-state index contributed by atoms with van der Waals surface area (Å²) in [6.45, 7) is 2.13. The maximum atomic E-state index is 10.9. The third kappa shape index (κ3) is 3.17. The first-order valence-corrected chi connectivity index (χ1v) is 4.84. The molecule has 1 aromatic heterocycles. The first-order valence-electron chi connectivity index (χ1n) is 3.96. The van der Waals surface area contributed by atoms with E-state index in [9.17, 15) is 4.79 Å². The highest BCUT2D eigenvalue weighted by molar-refractivity contribution is 8.02. The van der Waals surface area contributed by atoms with E-state index in [1.54, 1.807) is 19.4 Å². The summed E-state index contributed by atoms with van der Waals surface area (Å²) in [5, 5.41) is 13.0. The Morgan fingerprint density at radius 1 is 1.71 bits per heavy atom. The Morgan fingerprint density at radius 2 is 2.50 bits per heavy atom. The van der Waals surface area contributed by atoms with Gasteiger partial charge in [0.25, 0.3) is 0 Å². The molecule has 0 atom stereocenters. The third-order valence-electron chi connectivity index (χ3n) is 1.25. The lowest BCUT2D eigenvalue weighted by Gasteiger charge is -1.94. The monoisotopic (exact) mass is 214 g/mol. The van der Waals surface area contributed by atoms with E-state index in [4.69, 9.17) is 4.74 Å². The van der Waals surface area contributed by atoms with Crippen LogP contribution in [0.25, 0.3) is 0 Å². The van der Waals surface area contributed by atoms with Crippen molar-refractivity contribution in [1.82, 2.24) is 20.2 Å². The molecule has 0 aliphatic rings. The SMILES string of the molecule is CCOC(=O)C=CSc1nnnn1C. The van der Waals surface area contributed by atoms with Crippen LogP contribution in [0.1, 0.15) is 6.92 Å². The molecule has 76 valence electrons. The zero-order valence-electron chi connectivity index (χ0n) is 7.88. The van der Waals surface area contributed by atoms with Crippen molar-refractivity contribution in [1.29, 1.82) is 0 Å². The number of thioether (sulfide) groups is 1. The fourth-order valence-corrected chi connectivity index (χ4v) is 1.24. The molecule has 0 radical (unpaired) electrons. The van der Waals surface area contributed by atoms with Gasteiger partial charge in [0, 0.05) is 13.1 Å². The summed E-state index contributed by atoms with van der Waals surface area (Å²) < 4.78 is 6.21. The highest BCUT2D eigenvalue weighted by Crippen LogP contribution is 2.13. The van der Waals surface area contributed by atoms with Crippen LogP contribution >= 0.6 is 11.8 Å². The second kappa shape index (κ2) is 5.38. The summed E-state index contributed by atoms with van der Waals surface area (Å²) in [6, 6.07) is 0. The van der Waals surface area contributed by atoms with Crippen molar-refractivity contribution in [2.24, 2.45) is 7.05 Å². The maximum Gasteiger partial charge on any atom is 0.331 e. The number of carbonyl (C=O) groups is 1. The van der Waals surface area contributed by atoms with Gasteiger partial charge in [-0.05, 0) is 22.8 Å². The molecule has 1 aromatic rings. The minimum atomic E-state index is -0.366. The third-order valence-corrected chi connectivity index (χ3v) is 2.07. The number of hydrogen-bond donors (Lipinski definition) is 0. The molecule has 1 heterocycles. The van der Waals surface area contributed by atoms with Gasteiger partial charge in [-0.2, -0.15) is 0 Å². The summed E-state index contributed by atoms with van der Waals surface area (Å²) in [7, 11) is 1.72. The van der Waals surface area contributed by atoms with Crippen LogP contribution in [0.4, 0.5) is 0 Å². The number of carbonyl (C=O) groups excluding carboxylic acids is 1. The second-order valence-corrected chi connectivity index (χ2v) is 3.13. The number of rotatable bonds is 4. The average Bonchev–Trinajstić information content (AvgIpc) is 2.52. The molecule has 7 heteroatoms. The first-order chi connectivity index (χ1) is 6.74. The molecule has 0 aliphatic carbocycles. The zero-order chi connectivity index (χ0) is 10.4. The van der Waals surface area contributed by atoms with Crippen molar-refractivity contribution in [2.45, 2.75) is 12.1 Å². The van der Waals surface area contributed by atoms with Crippen molar-refractivity contribution in [3.63, 3.8) is 0 Å². The maximum absolute atomic E-state index is 10.9. The summed E-state index contributed by atoms with van der Waals surface area (Å²) >= 11 is 1.25. The zero-order valence-corrected chi connectivity index (χ0v) is 8.69. The number of tetrazole rings is 1. The Morgan fingerprint density at radius 3 is 3.07 bits per heavy atom. The molecule has 0 unspecified atom stereocenters. The number of hydrogen-bond acceptors (Lipinski definition) is 6. The van der Waals surface area contributed by atoms with E-state index in [1.165, 1.54) is 22.5 Å². The van der Waals surface area contributed by atoms with Crippen molar-refractivity contribution in [2.75, 3.05) is 6.61 Å². The van der Waals surface area contributed by atoms with Gasteiger partial charge in [-0.25, -0.2) is 9.48 Å². The Bertz CT molecular complexity index is 336. The molecule has 0 bridgehead atoms. The standard InChI is InChI=1S/C7H10N4O2S/c1-3-13-6(12)4-5-14-7-8-9-10-11(7)2/h4-5H,3H2,1-2H3. The van der Waals surface area contributed by atoms with Crippen LogP contribution in [0.5, 0.6) is 0 Å². The summed E-state index contributed by atoms with van der Waals surface area (Å²) in [5.41, 5.74) is 0. The molecule has 0 N–H and O–H groups in total. The van der Waals surface area contributed by atoms with Gasteiger partial charge >= 0.3 is 5.97 Å². The van der Waals surface area contributed by atoms with Crippen LogP contribution < -0.4 is 0 Å². The van der Waals surface area contributed by atoms with Gasteiger partial charge in [0.15, 0.2) is 0 Å². The van der Waals surface area contributed by atoms with E-state index in [0.29, 0.717) is 11.8 Å². The van der Waals surface area contributed by atoms with Crippen LogP contribution in [0, 0.1) is 0 Å². The van der Waals surface area contributed by atoms with Crippen molar-refractivity contribution in [3.05, 3.63) is 11.5 Å². The van der Waals surface area contributed by atoms with Gasteiger partial charge in [0.1, 0.15) is 0 Å². The molecule has 0 aliphatic heterocycles. The highest BCUT2D eigenvalue weighted by Gasteiger charge is 2.00. The van der Waals surface area contributed by atoms with Gasteiger partial charge in [0.05, 0.1) is 6.61 Å². The van der Waals surface area contributed by atoms with Crippen molar-refractivity contribution < 1.29 is 9.53 Å². The Kier molecular flexibility index (Phi) is 4.11. The van der Waals surface area contributed by atoms with E-state index in [-0.39, 0.29) is 5.97 Å². The van der Waals surface area contributed by atoms with Crippen LogP contribution in [-0.2, 0) is 16.6 Å². The van der Waals surface area contributed by atoms with Gasteiger partial charge in [0.2, 0.25) is 5.16 Å². The number of aryl methyl sites for hydroxylation is 1. The van der Waals surface area contributed by atoms with Crippen molar-refractivity contribution >= 4 is 17.7 Å². The highest BCUT2D eigenvalue weighted by atomic mass is 32.2. The van der Waals surface area contributed by atoms with Gasteiger partial charge in [-0.3, -0.25) is 0 Å². The van der Waals surface area contributed by atoms with Gasteiger partial charge in [-0.1, -0.05) is 11.8 Å². The summed E-state index contributed by atoms with van der Waals surface area (Å²) in [5.74, 6) is -0.366. The predicted octanol–water partition coefficient (Wildman–Crippen LogP) is 0.379. The molecule has 0 saturated carbocycles. The fraction of sp³-hybridized carbons (Fsp3) is 0.429. The molecule has 6 nitrogen and oxygen atoms in total. The van der Waals surface area contributed by atoms with Crippen molar-refractivity contribution in [3.8, 4) is 0 Å². The van der Waals surface area contributed by atoms with E-state index in [2.05, 4.69) is 15.5 Å². The molecule has 0 saturated heterocycles. The minimum absolute atomic E-state index is 0.366. The Labute approximate surface area is 85.3 Å². The van der Waals surface area contributed by atoms with Crippen LogP contribution in [0.15, 0.2) is 16.6 Å². The van der Waals surface area contributed by atoms with E-state index < -0.39 is 0 Å². The van der Waals surface area contributed by atoms with Crippen LogP contribution in [0.2, 0.25) is 0 Å². The smallest absolute Gasteiger partial charge is 0.331 e. The molecule has 0 amide bonds. The number of aromatic nitrogens is 4. The van der Waals surface area contributed by atoms with E-state index in [1.807, 2.05) is 0 Å². The number of esters is 1. The molecule has 0 fully saturated rings. The lowest BCUT2D eigenvalue weighted by Crippen LogP contribution is -1.98. The predicted molar refractivity (Wildman–Crippen MR) is 50.4 cm³/mol. The first kappa shape index (κ1) is 10.7. The lowest BCUT2D eigenvalue weighted by molar-refractivity contribution is -0.137. The van der Waals surface area contributed by atoms with E-state index >= 15 is 0 Å². The molecular weight excluding hydrogens is 204 g/mol. The molecule has 0 aromatic carbocycles. The quantitative estimate of drug-likeness (QED) is 0.410. The minimum Gasteiger partial charge on any atom is -0.463 e. The van der Waals surface area contributed by atoms with E-state index in [0.717, 1.165) is 0 Å². The summed E-state index contributed by atoms with van der Waals surface area (Å²) in [6.07, 6.45) is 1.34. The van der Waals surface area contributed by atoms with Gasteiger partial charge < -0.3 is 4.74 Å². The lowest BCUT2D eigenvalue weighted by atomic mass is 10.6. The number of ether oxygens (including phenoxy) is 1. The molecule has 1 rings (SSSR count). The number of nitrogens with zero attached hydrogens (tertiary/aromatic N) is 4. The molecular formula is C7H10N4O2S. The average molecular weight is 214 g/mol. The molecule has 0 spiro atoms. The van der Waals surface area contributed by atoms with Crippen LogP contribution in [-0.4, -0.2) is 32.8 Å². The largest absolute Gasteiger partial charge is 0.463 e. The van der Waals surface area contributed by atoms with Gasteiger partial charge in [-0.15, -0.1) is 5.10 Å². The topological polar surface area (TPSA) is 69.9 Å². The Balaban J connectivity index is 2.41. The second-order valence-electron chi connectivity index (χ2n) is 2.26. The Hall–Kier alpha value is -1.37. The normalized spacial score (nSPS) is 10.7. The fourth-order valence-electron chi connectivity index (χ4n) is 0.662. The summed E-state index contributed by atoms with van der Waals surface area (Å²) in [4.78, 5) is 10.9.